The third-order valence-corrected chi connectivity index (χ3v) is 0.863. The lowest BCUT2D eigenvalue weighted by Crippen LogP contribution is -2.28. The van der Waals surface area contributed by atoms with Crippen LogP contribution in [0.25, 0.3) is 0 Å². The van der Waals surface area contributed by atoms with Gasteiger partial charge in [-0.05, 0) is 0 Å². The van der Waals surface area contributed by atoms with E-state index in [-0.39, 0.29) is 12.4 Å². The van der Waals surface area contributed by atoms with Crippen LogP contribution in [0, 0.1) is 0 Å². The van der Waals surface area contributed by atoms with Crippen molar-refractivity contribution in [1.29, 1.82) is 0 Å². The highest BCUT2D eigenvalue weighted by Crippen LogP contribution is 1.86. The highest BCUT2D eigenvalue weighted by atomic mass is 16.4. The first-order valence-corrected chi connectivity index (χ1v) is 2.41. The third kappa shape index (κ3) is 3.40. The van der Waals surface area contributed by atoms with Crippen molar-refractivity contribution in [1.82, 2.24) is 4.90 Å². The van der Waals surface area contributed by atoms with Crippen LogP contribution in [0.15, 0.2) is 12.4 Å². The van der Waals surface area contributed by atoms with E-state index in [0.717, 1.165) is 0 Å². The Labute approximate surface area is 53.6 Å². The molecule has 0 aromatic heterocycles. The van der Waals surface area contributed by atoms with Gasteiger partial charge in [0.05, 0.1) is 5.82 Å². The first-order valence-electron chi connectivity index (χ1n) is 2.41. The first kappa shape index (κ1) is 7.81. The van der Waals surface area contributed by atoms with E-state index in [1.54, 1.807) is 7.05 Å². The SMILES string of the molecule is C=C(N)N(C)CC(=O)O. The molecular weight excluding hydrogens is 120 g/mol. The van der Waals surface area contributed by atoms with Crippen LogP contribution in [0.2, 0.25) is 0 Å². The smallest absolute Gasteiger partial charge is 0.323 e. The normalized spacial score (nSPS) is 8.56. The summed E-state index contributed by atoms with van der Waals surface area (Å²) >= 11 is 0. The molecule has 9 heavy (non-hydrogen) atoms. The van der Waals surface area contributed by atoms with E-state index in [2.05, 4.69) is 6.58 Å². The first-order chi connectivity index (χ1) is 4.04. The molecule has 0 aliphatic carbocycles. The van der Waals surface area contributed by atoms with Gasteiger partial charge in [-0.15, -0.1) is 0 Å². The van der Waals surface area contributed by atoms with E-state index in [0.29, 0.717) is 0 Å². The summed E-state index contributed by atoms with van der Waals surface area (Å²) in [5.41, 5.74) is 5.15. The van der Waals surface area contributed by atoms with Gasteiger partial charge in [0, 0.05) is 7.05 Å². The van der Waals surface area contributed by atoms with E-state index in [4.69, 9.17) is 10.8 Å². The van der Waals surface area contributed by atoms with Crippen LogP contribution in [0.1, 0.15) is 0 Å². The van der Waals surface area contributed by atoms with Gasteiger partial charge in [0.15, 0.2) is 0 Å². The van der Waals surface area contributed by atoms with Crippen molar-refractivity contribution < 1.29 is 9.90 Å². The molecule has 0 heterocycles. The molecule has 0 fully saturated rings. The largest absolute Gasteiger partial charge is 0.480 e. The van der Waals surface area contributed by atoms with E-state index >= 15 is 0 Å². The number of nitrogens with two attached hydrogens (primary N) is 1. The molecule has 0 aliphatic rings. The van der Waals surface area contributed by atoms with E-state index in [9.17, 15) is 4.79 Å². The van der Waals surface area contributed by atoms with Crippen molar-refractivity contribution in [2.24, 2.45) is 5.73 Å². The fraction of sp³-hybridized carbons (Fsp3) is 0.400. The van der Waals surface area contributed by atoms with Crippen molar-refractivity contribution in [2.75, 3.05) is 13.6 Å². The van der Waals surface area contributed by atoms with Crippen molar-refractivity contribution in [3.05, 3.63) is 12.4 Å². The lowest BCUT2D eigenvalue weighted by Gasteiger charge is -2.14. The Morgan fingerprint density at radius 1 is 1.89 bits per heavy atom. The van der Waals surface area contributed by atoms with Gasteiger partial charge < -0.3 is 15.7 Å². The monoisotopic (exact) mass is 130 g/mol. The molecule has 0 aromatic carbocycles. The fourth-order valence-corrected chi connectivity index (χ4v) is 0.304. The molecule has 0 unspecified atom stereocenters. The minimum atomic E-state index is -0.913. The van der Waals surface area contributed by atoms with Crippen molar-refractivity contribution in [2.45, 2.75) is 0 Å². The Bertz CT molecular complexity index is 133. The number of nitrogens with zero attached hydrogens (tertiary/aromatic N) is 1. The van der Waals surface area contributed by atoms with E-state index < -0.39 is 5.97 Å². The summed E-state index contributed by atoms with van der Waals surface area (Å²) in [5, 5.41) is 8.19. The molecule has 4 heteroatoms. The van der Waals surface area contributed by atoms with Gasteiger partial charge >= 0.3 is 5.97 Å². The van der Waals surface area contributed by atoms with Crippen LogP contribution < -0.4 is 5.73 Å². The van der Waals surface area contributed by atoms with Crippen LogP contribution in [-0.2, 0) is 4.79 Å². The van der Waals surface area contributed by atoms with Crippen molar-refractivity contribution >= 4 is 5.97 Å². The number of aliphatic carboxylic acids is 1. The predicted molar refractivity (Wildman–Crippen MR) is 33.6 cm³/mol. The predicted octanol–water partition coefficient (Wildman–Crippen LogP) is -0.567. The number of hydrogen-bond acceptors (Lipinski definition) is 3. The van der Waals surface area contributed by atoms with Crippen molar-refractivity contribution in [3.63, 3.8) is 0 Å². The van der Waals surface area contributed by atoms with Crippen LogP contribution in [0.4, 0.5) is 0 Å². The lowest BCUT2D eigenvalue weighted by atomic mass is 10.5. The summed E-state index contributed by atoms with van der Waals surface area (Å²) in [5.74, 6) is -0.651. The maximum Gasteiger partial charge on any atom is 0.323 e. The molecule has 0 spiro atoms. The fourth-order valence-electron chi connectivity index (χ4n) is 0.304. The second-order valence-electron chi connectivity index (χ2n) is 1.74. The molecule has 0 aliphatic heterocycles. The molecule has 0 saturated carbocycles. The minimum absolute atomic E-state index is 0.102. The topological polar surface area (TPSA) is 66.6 Å². The van der Waals surface area contributed by atoms with Gasteiger partial charge in [-0.2, -0.15) is 0 Å². The van der Waals surface area contributed by atoms with E-state index in [1.165, 1.54) is 4.90 Å². The van der Waals surface area contributed by atoms with Gasteiger partial charge in [-0.3, -0.25) is 4.79 Å². The van der Waals surface area contributed by atoms with Crippen LogP contribution in [-0.4, -0.2) is 29.6 Å². The van der Waals surface area contributed by atoms with Crippen LogP contribution >= 0.6 is 0 Å². The molecule has 52 valence electrons. The Hall–Kier alpha value is -1.19. The van der Waals surface area contributed by atoms with Crippen molar-refractivity contribution in [3.8, 4) is 0 Å². The highest BCUT2D eigenvalue weighted by Gasteiger charge is 2.01. The molecule has 3 N–H and O–H groups in total. The average molecular weight is 130 g/mol. The summed E-state index contributed by atoms with van der Waals surface area (Å²) in [7, 11) is 1.57. The molecule has 0 bridgehead atoms. The van der Waals surface area contributed by atoms with Gasteiger partial charge in [0.25, 0.3) is 0 Å². The van der Waals surface area contributed by atoms with E-state index in [1.807, 2.05) is 0 Å². The average Bonchev–Trinajstić information content (AvgIpc) is 1.63. The second-order valence-corrected chi connectivity index (χ2v) is 1.74. The number of likely N-dealkylation sites (N-methyl/N-ethyl adjacent to an activating group) is 1. The molecule has 4 nitrogen and oxygen atoms in total. The Morgan fingerprint density at radius 2 is 2.33 bits per heavy atom. The number of hydrogen-bond donors (Lipinski definition) is 2. The Morgan fingerprint density at radius 3 is 2.44 bits per heavy atom. The number of carboxylic acid groups (broad SMARTS) is 1. The maximum atomic E-state index is 9.98. The summed E-state index contributed by atoms with van der Waals surface area (Å²) in [6, 6.07) is 0. The van der Waals surface area contributed by atoms with Crippen LogP contribution in [0.3, 0.4) is 0 Å². The lowest BCUT2D eigenvalue weighted by molar-refractivity contribution is -0.137. The number of rotatable bonds is 3. The molecule has 0 amide bonds. The minimum Gasteiger partial charge on any atom is -0.480 e. The van der Waals surface area contributed by atoms with Gasteiger partial charge in [-0.1, -0.05) is 6.58 Å². The molecular formula is C5H10N2O2. The molecule has 0 atom stereocenters. The van der Waals surface area contributed by atoms with Crippen LogP contribution in [0.5, 0.6) is 0 Å². The third-order valence-electron chi connectivity index (χ3n) is 0.863. The quantitative estimate of drug-likeness (QED) is 0.537. The zero-order valence-electron chi connectivity index (χ0n) is 5.29. The van der Waals surface area contributed by atoms with Gasteiger partial charge in [-0.25, -0.2) is 0 Å². The zero-order chi connectivity index (χ0) is 7.44. The Balaban J connectivity index is 3.63. The number of carbonyl (C=O) groups is 1. The summed E-state index contributed by atoms with van der Waals surface area (Å²) in [6.07, 6.45) is 0. The summed E-state index contributed by atoms with van der Waals surface area (Å²) < 4.78 is 0. The standard InChI is InChI=1S/C5H10N2O2/c1-4(6)7(2)3-5(8)9/h1,3,6H2,2H3,(H,8,9). The number of carboxylic acids is 1. The summed E-state index contributed by atoms with van der Waals surface area (Å²) in [6.45, 7) is 3.25. The Kier molecular flexibility index (Phi) is 2.57. The van der Waals surface area contributed by atoms with Gasteiger partial charge in [0.1, 0.15) is 6.54 Å². The van der Waals surface area contributed by atoms with Gasteiger partial charge in [0.2, 0.25) is 0 Å². The second kappa shape index (κ2) is 2.96. The molecule has 0 radical (unpaired) electrons. The summed E-state index contributed by atoms with van der Waals surface area (Å²) in [4.78, 5) is 11.3. The zero-order valence-corrected chi connectivity index (χ0v) is 5.29. The molecule has 0 aromatic rings. The molecule has 0 rings (SSSR count). The molecule has 0 saturated heterocycles. The highest BCUT2D eigenvalue weighted by molar-refractivity contribution is 5.69. The maximum absolute atomic E-state index is 9.98.